The van der Waals surface area contributed by atoms with Gasteiger partial charge >= 0.3 is 0 Å². The molecule has 2 aliphatic rings. The van der Waals surface area contributed by atoms with E-state index in [1.165, 1.54) is 25.8 Å². The number of hydrogen-bond donors (Lipinski definition) is 0. The first-order chi connectivity index (χ1) is 7.24. The number of rotatable bonds is 3. The van der Waals surface area contributed by atoms with Crippen LogP contribution in [-0.4, -0.2) is 54.4 Å². The van der Waals surface area contributed by atoms with Gasteiger partial charge in [-0.3, -0.25) is 4.90 Å². The molecule has 2 rings (SSSR count). The maximum absolute atomic E-state index is 5.53. The molecule has 0 amide bonds. The van der Waals surface area contributed by atoms with Gasteiger partial charge in [-0.05, 0) is 25.8 Å². The van der Waals surface area contributed by atoms with Crippen molar-refractivity contribution in [1.29, 1.82) is 0 Å². The first-order valence-electron chi connectivity index (χ1n) is 5.68. The quantitative estimate of drug-likeness (QED) is 0.582. The van der Waals surface area contributed by atoms with E-state index in [1.807, 2.05) is 14.2 Å². The van der Waals surface area contributed by atoms with Crippen LogP contribution in [0, 0.1) is 0 Å². The number of likely N-dealkylation sites (tertiary alicyclic amines) is 1. The van der Waals surface area contributed by atoms with Crippen LogP contribution in [-0.2, 0) is 9.47 Å². The maximum Gasteiger partial charge on any atom is 0.0816 e. The summed E-state index contributed by atoms with van der Waals surface area (Å²) in [6.07, 6.45) is 4.60. The summed E-state index contributed by atoms with van der Waals surface area (Å²) >= 11 is 2.52. The molecule has 4 heteroatoms. The Morgan fingerprint density at radius 3 is 2.53 bits per heavy atom. The van der Waals surface area contributed by atoms with Crippen LogP contribution in [0.3, 0.4) is 0 Å². The first kappa shape index (κ1) is 12.1. The summed E-state index contributed by atoms with van der Waals surface area (Å²) in [5, 5.41) is 0. The third-order valence-corrected chi connectivity index (χ3v) is 5.16. The molecule has 15 heavy (non-hydrogen) atoms. The Morgan fingerprint density at radius 2 is 1.93 bits per heavy atom. The Labute approximate surface area is 106 Å². The number of halogens is 1. The van der Waals surface area contributed by atoms with Crippen LogP contribution in [0.25, 0.3) is 0 Å². The van der Waals surface area contributed by atoms with Gasteiger partial charge in [-0.25, -0.2) is 0 Å². The third-order valence-electron chi connectivity index (χ3n) is 3.73. The van der Waals surface area contributed by atoms with E-state index in [0.29, 0.717) is 16.1 Å². The van der Waals surface area contributed by atoms with Gasteiger partial charge < -0.3 is 9.47 Å². The van der Waals surface area contributed by atoms with Crippen molar-refractivity contribution in [2.45, 2.75) is 41.4 Å². The highest BCUT2D eigenvalue weighted by atomic mass is 127. The second kappa shape index (κ2) is 5.29. The lowest BCUT2D eigenvalue weighted by Crippen LogP contribution is -2.55. The molecule has 2 atom stereocenters. The lowest BCUT2D eigenvalue weighted by atomic mass is 9.86. The van der Waals surface area contributed by atoms with Crippen molar-refractivity contribution in [3.63, 3.8) is 0 Å². The van der Waals surface area contributed by atoms with Crippen LogP contribution in [0.2, 0.25) is 0 Å². The van der Waals surface area contributed by atoms with Crippen molar-refractivity contribution < 1.29 is 9.47 Å². The molecule has 0 N–H and O–H groups in total. The summed E-state index contributed by atoms with van der Waals surface area (Å²) in [5.74, 6) is 0. The Bertz CT molecular complexity index is 209. The molecule has 1 saturated heterocycles. The van der Waals surface area contributed by atoms with Gasteiger partial charge in [0, 0.05) is 30.7 Å². The minimum Gasteiger partial charge on any atom is -0.381 e. The molecule has 1 heterocycles. The van der Waals surface area contributed by atoms with Gasteiger partial charge in [0.05, 0.1) is 12.2 Å². The van der Waals surface area contributed by atoms with E-state index in [1.54, 1.807) is 0 Å². The van der Waals surface area contributed by atoms with Crippen molar-refractivity contribution in [2.75, 3.05) is 27.3 Å². The van der Waals surface area contributed by atoms with Gasteiger partial charge in [-0.1, -0.05) is 22.6 Å². The number of ether oxygens (including phenoxy) is 2. The van der Waals surface area contributed by atoms with E-state index in [4.69, 9.17) is 9.47 Å². The fourth-order valence-electron chi connectivity index (χ4n) is 2.49. The van der Waals surface area contributed by atoms with E-state index >= 15 is 0 Å². The SMILES string of the molecule is COC1CC(N2CC[C@H](I)[C@H](OC)C2)C1. The molecule has 1 aliphatic heterocycles. The van der Waals surface area contributed by atoms with Gasteiger partial charge in [0.2, 0.25) is 0 Å². The van der Waals surface area contributed by atoms with Crippen molar-refractivity contribution in [3.05, 3.63) is 0 Å². The van der Waals surface area contributed by atoms with Crippen molar-refractivity contribution >= 4 is 22.6 Å². The fourth-order valence-corrected chi connectivity index (χ4v) is 3.29. The standard InChI is InChI=1S/C11H20INO2/c1-14-9-5-8(6-9)13-4-3-10(12)11(7-13)15-2/h8-11H,3-7H2,1-2H3/t8?,9?,10-,11+/m0/s1. The van der Waals surface area contributed by atoms with Crippen LogP contribution in [0.15, 0.2) is 0 Å². The lowest BCUT2D eigenvalue weighted by molar-refractivity contribution is -0.0542. The number of piperidine rings is 1. The van der Waals surface area contributed by atoms with Crippen LogP contribution in [0.4, 0.5) is 0 Å². The zero-order chi connectivity index (χ0) is 10.8. The average molecular weight is 325 g/mol. The van der Waals surface area contributed by atoms with E-state index in [2.05, 4.69) is 27.5 Å². The summed E-state index contributed by atoms with van der Waals surface area (Å²) in [5.41, 5.74) is 0. The van der Waals surface area contributed by atoms with Gasteiger partial charge in [0.15, 0.2) is 0 Å². The van der Waals surface area contributed by atoms with Gasteiger partial charge in [-0.15, -0.1) is 0 Å². The second-order valence-corrected chi connectivity index (χ2v) is 6.16. The number of hydrogen-bond acceptors (Lipinski definition) is 3. The molecule has 3 nitrogen and oxygen atoms in total. The maximum atomic E-state index is 5.53. The zero-order valence-electron chi connectivity index (χ0n) is 9.49. The van der Waals surface area contributed by atoms with Crippen LogP contribution < -0.4 is 0 Å². The Hall–Kier alpha value is 0.610. The highest BCUT2D eigenvalue weighted by molar-refractivity contribution is 14.1. The fraction of sp³-hybridized carbons (Fsp3) is 1.00. The largest absolute Gasteiger partial charge is 0.381 e. The van der Waals surface area contributed by atoms with Crippen LogP contribution in [0.1, 0.15) is 19.3 Å². The molecular formula is C11H20INO2. The first-order valence-corrected chi connectivity index (χ1v) is 6.93. The average Bonchev–Trinajstić information content (AvgIpc) is 2.19. The number of methoxy groups -OCH3 is 2. The smallest absolute Gasteiger partial charge is 0.0816 e. The molecule has 2 fully saturated rings. The van der Waals surface area contributed by atoms with Crippen LogP contribution >= 0.6 is 22.6 Å². The zero-order valence-corrected chi connectivity index (χ0v) is 11.6. The lowest BCUT2D eigenvalue weighted by Gasteiger charge is -2.46. The predicted octanol–water partition coefficient (Wildman–Crippen LogP) is 1.69. The van der Waals surface area contributed by atoms with Crippen molar-refractivity contribution in [2.24, 2.45) is 0 Å². The van der Waals surface area contributed by atoms with Crippen molar-refractivity contribution in [1.82, 2.24) is 4.90 Å². The molecule has 0 bridgehead atoms. The van der Waals surface area contributed by atoms with E-state index < -0.39 is 0 Å². The van der Waals surface area contributed by atoms with E-state index in [-0.39, 0.29) is 0 Å². The molecule has 0 radical (unpaired) electrons. The van der Waals surface area contributed by atoms with Crippen LogP contribution in [0.5, 0.6) is 0 Å². The Balaban J connectivity index is 1.80. The van der Waals surface area contributed by atoms with E-state index in [0.717, 1.165) is 12.6 Å². The second-order valence-electron chi connectivity index (χ2n) is 4.56. The molecular weight excluding hydrogens is 305 g/mol. The van der Waals surface area contributed by atoms with Gasteiger partial charge in [0.1, 0.15) is 0 Å². The Morgan fingerprint density at radius 1 is 1.20 bits per heavy atom. The van der Waals surface area contributed by atoms with E-state index in [9.17, 15) is 0 Å². The minimum absolute atomic E-state index is 0.418. The highest BCUT2D eigenvalue weighted by Crippen LogP contribution is 2.31. The molecule has 0 spiro atoms. The molecule has 1 aliphatic carbocycles. The molecule has 0 unspecified atom stereocenters. The summed E-state index contributed by atoms with van der Waals surface area (Å²) in [6, 6.07) is 0.747. The predicted molar refractivity (Wildman–Crippen MR) is 68.6 cm³/mol. The molecule has 0 aromatic rings. The minimum atomic E-state index is 0.418. The van der Waals surface area contributed by atoms with Gasteiger partial charge in [0.25, 0.3) is 0 Å². The number of nitrogens with zero attached hydrogens (tertiary/aromatic N) is 1. The summed E-state index contributed by atoms with van der Waals surface area (Å²) in [4.78, 5) is 2.58. The molecule has 88 valence electrons. The highest BCUT2D eigenvalue weighted by Gasteiger charge is 2.37. The Kier molecular flexibility index (Phi) is 4.26. The third kappa shape index (κ3) is 2.65. The molecule has 0 aromatic heterocycles. The molecule has 0 aromatic carbocycles. The van der Waals surface area contributed by atoms with Crippen molar-refractivity contribution in [3.8, 4) is 0 Å². The number of alkyl halides is 1. The summed E-state index contributed by atoms with van der Waals surface area (Å²) in [7, 11) is 3.65. The monoisotopic (exact) mass is 325 g/mol. The topological polar surface area (TPSA) is 21.7 Å². The van der Waals surface area contributed by atoms with Gasteiger partial charge in [-0.2, -0.15) is 0 Å². The molecule has 1 saturated carbocycles. The summed E-state index contributed by atoms with van der Waals surface area (Å²) in [6.45, 7) is 2.33. The normalized spacial score (nSPS) is 42.6. The summed E-state index contributed by atoms with van der Waals surface area (Å²) < 4.78 is 11.5.